The van der Waals surface area contributed by atoms with Gasteiger partial charge in [0.05, 0.1) is 29.1 Å². The molecule has 1 aliphatic rings. The number of carbonyl (C=O) groups is 3. The van der Waals surface area contributed by atoms with Crippen LogP contribution in [-0.4, -0.2) is 42.1 Å². The second-order valence-corrected chi connectivity index (χ2v) is 6.94. The van der Waals surface area contributed by atoms with Gasteiger partial charge in [0, 0.05) is 38.2 Å². The SMILES string of the molecule is [2H]C([2H])([2H])C(COC(=O)C1=C(C)NC(C)=C(C(=O)OC)C1c1ccccc1[N+](=O)[O-])(OC(C)=O)C([2H])([2H])[2H]. The number of dihydropyridines is 1. The largest absolute Gasteiger partial charge is 0.466 e. The lowest BCUT2D eigenvalue weighted by atomic mass is 9.79. The van der Waals surface area contributed by atoms with Crippen molar-refractivity contribution in [1.82, 2.24) is 5.32 Å². The molecule has 0 saturated carbocycles. The number of carbonyl (C=O) groups excluding carboxylic acids is 3. The van der Waals surface area contributed by atoms with Gasteiger partial charge in [-0.1, -0.05) is 18.2 Å². The quantitative estimate of drug-likeness (QED) is 0.287. The smallest absolute Gasteiger partial charge is 0.336 e. The van der Waals surface area contributed by atoms with Crippen molar-refractivity contribution in [2.45, 2.75) is 46.0 Å². The molecule has 1 aromatic carbocycles. The average molecular weight is 452 g/mol. The normalized spacial score (nSPS) is 19.8. The number of nitro groups is 1. The van der Waals surface area contributed by atoms with Crippen molar-refractivity contribution < 1.29 is 41.7 Å². The Morgan fingerprint density at radius 1 is 1.16 bits per heavy atom. The number of nitro benzene ring substituents is 1. The fourth-order valence-corrected chi connectivity index (χ4v) is 3.37. The van der Waals surface area contributed by atoms with E-state index < -0.39 is 60.3 Å². The third kappa shape index (κ3) is 5.32. The number of nitrogens with one attached hydrogen (secondary N) is 1. The molecule has 1 unspecified atom stereocenters. The van der Waals surface area contributed by atoms with E-state index in [4.69, 9.17) is 22.4 Å². The number of allylic oxidation sites excluding steroid dienone is 2. The maximum absolute atomic E-state index is 13.5. The van der Waals surface area contributed by atoms with Crippen molar-refractivity contribution >= 4 is 23.6 Å². The fraction of sp³-hybridized carbons (Fsp3) is 0.409. The Hall–Kier alpha value is -3.69. The van der Waals surface area contributed by atoms with E-state index in [2.05, 4.69) is 5.32 Å². The van der Waals surface area contributed by atoms with Crippen LogP contribution in [0.15, 0.2) is 46.8 Å². The number of esters is 3. The molecule has 0 aromatic heterocycles. The molecule has 1 N–H and O–H groups in total. The van der Waals surface area contributed by atoms with Gasteiger partial charge in [0.1, 0.15) is 12.2 Å². The Morgan fingerprint density at radius 3 is 2.28 bits per heavy atom. The van der Waals surface area contributed by atoms with Crippen LogP contribution in [0, 0.1) is 10.1 Å². The predicted octanol–water partition coefficient (Wildman–Crippen LogP) is 2.89. The lowest BCUT2D eigenvalue weighted by molar-refractivity contribution is -0.385. The summed E-state index contributed by atoms with van der Waals surface area (Å²) in [5.41, 5.74) is -3.95. The van der Waals surface area contributed by atoms with Crippen molar-refractivity contribution in [3.05, 3.63) is 62.5 Å². The number of methoxy groups -OCH3 is 1. The lowest BCUT2D eigenvalue weighted by Gasteiger charge is -2.31. The summed E-state index contributed by atoms with van der Waals surface area (Å²) in [6, 6.07) is 5.31. The minimum Gasteiger partial charge on any atom is -0.466 e. The van der Waals surface area contributed by atoms with Crippen molar-refractivity contribution in [2.24, 2.45) is 0 Å². The number of hydrogen-bond donors (Lipinski definition) is 1. The van der Waals surface area contributed by atoms with Crippen LogP contribution >= 0.6 is 0 Å². The Morgan fingerprint density at radius 2 is 1.75 bits per heavy atom. The molecule has 0 spiro atoms. The zero-order valence-corrected chi connectivity index (χ0v) is 17.8. The molecule has 0 radical (unpaired) electrons. The molecular formula is C22H26N2O8. The van der Waals surface area contributed by atoms with E-state index in [0.29, 0.717) is 0 Å². The summed E-state index contributed by atoms with van der Waals surface area (Å²) in [6.45, 7) is -4.63. The zero-order chi connectivity index (χ0) is 29.2. The highest BCUT2D eigenvalue weighted by Crippen LogP contribution is 2.42. The number of nitrogens with zero attached hydrogens (tertiary/aromatic N) is 1. The summed E-state index contributed by atoms with van der Waals surface area (Å²) in [6.07, 6.45) is 0. The summed E-state index contributed by atoms with van der Waals surface area (Å²) >= 11 is 0. The van der Waals surface area contributed by atoms with Crippen molar-refractivity contribution in [1.29, 1.82) is 0 Å². The van der Waals surface area contributed by atoms with Crippen LogP contribution in [0.3, 0.4) is 0 Å². The molecule has 0 fully saturated rings. The van der Waals surface area contributed by atoms with Gasteiger partial charge in [0.25, 0.3) is 5.69 Å². The summed E-state index contributed by atoms with van der Waals surface area (Å²) < 4.78 is 61.2. The predicted molar refractivity (Wildman–Crippen MR) is 113 cm³/mol. The van der Waals surface area contributed by atoms with E-state index in [-0.39, 0.29) is 28.1 Å². The summed E-state index contributed by atoms with van der Waals surface area (Å²) in [4.78, 5) is 48.9. The second-order valence-electron chi connectivity index (χ2n) is 6.94. The van der Waals surface area contributed by atoms with Crippen LogP contribution in [0.2, 0.25) is 0 Å². The van der Waals surface area contributed by atoms with Crippen LogP contribution in [-0.2, 0) is 28.6 Å². The topological polar surface area (TPSA) is 134 Å². The molecule has 2 rings (SSSR count). The first-order chi connectivity index (χ1) is 17.4. The van der Waals surface area contributed by atoms with E-state index in [1.165, 1.54) is 32.0 Å². The van der Waals surface area contributed by atoms with Crippen molar-refractivity contribution in [3.8, 4) is 0 Å². The minimum absolute atomic E-state index is 0.0806. The molecule has 10 nitrogen and oxygen atoms in total. The Bertz CT molecular complexity index is 1200. The number of ether oxygens (including phenoxy) is 3. The highest BCUT2D eigenvalue weighted by molar-refractivity contribution is 6.00. The van der Waals surface area contributed by atoms with Crippen LogP contribution < -0.4 is 5.32 Å². The van der Waals surface area contributed by atoms with Crippen LogP contribution in [0.25, 0.3) is 0 Å². The molecule has 1 heterocycles. The monoisotopic (exact) mass is 452 g/mol. The molecule has 32 heavy (non-hydrogen) atoms. The highest BCUT2D eigenvalue weighted by atomic mass is 16.6. The number of para-hydroxylation sites is 1. The van der Waals surface area contributed by atoms with Gasteiger partial charge in [-0.2, -0.15) is 0 Å². The molecule has 1 atom stereocenters. The van der Waals surface area contributed by atoms with Crippen molar-refractivity contribution in [2.75, 3.05) is 13.7 Å². The molecule has 0 aliphatic carbocycles. The number of hydrogen-bond acceptors (Lipinski definition) is 9. The minimum atomic E-state index is -3.45. The Balaban J connectivity index is 2.69. The Kier molecular flexibility index (Phi) is 5.10. The van der Waals surface area contributed by atoms with Gasteiger partial charge in [-0.25, -0.2) is 9.59 Å². The maximum atomic E-state index is 13.5. The number of benzene rings is 1. The van der Waals surface area contributed by atoms with E-state index >= 15 is 0 Å². The highest BCUT2D eigenvalue weighted by Gasteiger charge is 2.41. The van der Waals surface area contributed by atoms with Gasteiger partial charge in [-0.15, -0.1) is 0 Å². The van der Waals surface area contributed by atoms with E-state index in [1.807, 2.05) is 0 Å². The first-order valence-electron chi connectivity index (χ1n) is 12.3. The zero-order valence-electron chi connectivity index (χ0n) is 23.8. The van der Waals surface area contributed by atoms with E-state index in [9.17, 15) is 24.5 Å². The van der Waals surface area contributed by atoms with E-state index in [0.717, 1.165) is 20.1 Å². The molecule has 1 aromatic rings. The van der Waals surface area contributed by atoms with Gasteiger partial charge in [-0.3, -0.25) is 14.9 Å². The fourth-order valence-electron chi connectivity index (χ4n) is 3.37. The van der Waals surface area contributed by atoms with Gasteiger partial charge in [-0.05, 0) is 27.6 Å². The van der Waals surface area contributed by atoms with Gasteiger partial charge >= 0.3 is 17.9 Å². The first kappa shape index (κ1) is 16.9. The van der Waals surface area contributed by atoms with Gasteiger partial charge in [0.15, 0.2) is 0 Å². The molecule has 0 bridgehead atoms. The lowest BCUT2D eigenvalue weighted by Crippen LogP contribution is -2.36. The second kappa shape index (κ2) is 9.63. The summed E-state index contributed by atoms with van der Waals surface area (Å²) in [5.74, 6) is -4.89. The van der Waals surface area contributed by atoms with E-state index in [1.54, 1.807) is 0 Å². The molecule has 1 aliphatic heterocycles. The summed E-state index contributed by atoms with van der Waals surface area (Å²) in [5, 5.41) is 14.6. The third-order valence-electron chi connectivity index (χ3n) is 4.55. The standard InChI is InChI=1S/C22H26N2O8/c1-12-17(20(26)30-6)19(15-9-7-8-10-16(15)24(28)29)18(13(2)23-12)21(27)31-11-22(4,5)32-14(3)25/h7-10,19,23H,11H2,1-6H3/i4D3,5D3. The van der Waals surface area contributed by atoms with Crippen LogP contribution in [0.1, 0.15) is 54.2 Å². The number of rotatable bonds is 7. The average Bonchev–Trinajstić information content (AvgIpc) is 2.78. The molecule has 0 saturated heterocycles. The molecule has 10 heteroatoms. The van der Waals surface area contributed by atoms with Crippen molar-refractivity contribution in [3.63, 3.8) is 0 Å². The molecule has 172 valence electrons. The third-order valence-corrected chi connectivity index (χ3v) is 4.55. The van der Waals surface area contributed by atoms with Crippen LogP contribution in [0.5, 0.6) is 0 Å². The first-order valence-corrected chi connectivity index (χ1v) is 9.26. The summed E-state index contributed by atoms with van der Waals surface area (Å²) in [7, 11) is 1.07. The van der Waals surface area contributed by atoms with Crippen LogP contribution in [0.4, 0.5) is 5.69 Å². The maximum Gasteiger partial charge on any atom is 0.336 e. The van der Waals surface area contributed by atoms with Gasteiger partial charge in [0.2, 0.25) is 0 Å². The van der Waals surface area contributed by atoms with Gasteiger partial charge < -0.3 is 19.5 Å². The molecule has 0 amide bonds. The molecular weight excluding hydrogens is 420 g/mol. The Labute approximate surface area is 193 Å².